The molecule has 0 atom stereocenters. The average Bonchev–Trinajstić information content (AvgIpc) is 2.45. The zero-order valence-corrected chi connectivity index (χ0v) is 13.8. The van der Waals surface area contributed by atoms with Crippen molar-refractivity contribution in [3.8, 4) is 0 Å². The predicted molar refractivity (Wildman–Crippen MR) is 90.2 cm³/mol. The Balaban J connectivity index is 0. The Kier molecular flexibility index (Phi) is 12.7. The number of aliphatic hydroxyl groups excluding tert-OH is 2. The predicted octanol–water partition coefficient (Wildman–Crippen LogP) is 6.19. The molecule has 0 aliphatic carbocycles. The third-order valence-corrected chi connectivity index (χ3v) is 2.38. The van der Waals surface area contributed by atoms with E-state index in [4.69, 9.17) is 10.2 Å². The van der Waals surface area contributed by atoms with Gasteiger partial charge >= 0.3 is 0 Å². The maximum absolute atomic E-state index is 13.0. The van der Waals surface area contributed by atoms with E-state index >= 15 is 0 Å². The summed E-state index contributed by atoms with van der Waals surface area (Å²) in [5.41, 5.74) is 1.98. The molecule has 0 radical (unpaired) electrons. The lowest BCUT2D eigenvalue weighted by Crippen LogP contribution is -2.04. The zero-order chi connectivity index (χ0) is 17.6. The molecule has 0 bridgehead atoms. The Morgan fingerprint density at radius 3 is 1.82 bits per heavy atom. The Hall–Kier alpha value is -2.10. The first kappa shape index (κ1) is 22.2. The molecule has 0 aromatic carbocycles. The first-order chi connectivity index (χ1) is 10.3. The summed E-state index contributed by atoms with van der Waals surface area (Å²) in [6.45, 7) is 8.42. The average molecular weight is 312 g/mol. The standard InChI is InChI=1S/C16H20F2O2.C2H6/c1-13(14(2)9-11-20)7-8-15(6-4-5-10-19)12-16(3,17)18;1-2/h4-12,19-20H,1-3H3;1-2H3/b6-4-,8-7-,10-5+,11-9+,14-13-,15-12+;. The van der Waals surface area contributed by atoms with Crippen LogP contribution < -0.4 is 0 Å². The number of aliphatic hydroxyl groups is 2. The maximum Gasteiger partial charge on any atom is 0.264 e. The molecule has 124 valence electrons. The van der Waals surface area contributed by atoms with Gasteiger partial charge in [0, 0.05) is 6.92 Å². The number of rotatable bonds is 6. The van der Waals surface area contributed by atoms with Gasteiger partial charge in [-0.25, -0.2) is 8.78 Å². The Morgan fingerprint density at radius 2 is 1.36 bits per heavy atom. The molecule has 0 aliphatic rings. The highest BCUT2D eigenvalue weighted by Crippen LogP contribution is 2.18. The minimum Gasteiger partial charge on any atom is -0.516 e. The van der Waals surface area contributed by atoms with Crippen LogP contribution in [0.15, 0.2) is 71.8 Å². The highest BCUT2D eigenvalue weighted by Gasteiger charge is 2.16. The molecule has 0 amide bonds. The summed E-state index contributed by atoms with van der Waals surface area (Å²) in [6, 6.07) is 0. The van der Waals surface area contributed by atoms with E-state index in [2.05, 4.69) is 0 Å². The molecule has 4 heteroatoms. The van der Waals surface area contributed by atoms with Crippen molar-refractivity contribution in [1.82, 2.24) is 0 Å². The normalized spacial score (nSPS) is 14.8. The third kappa shape index (κ3) is 12.9. The quantitative estimate of drug-likeness (QED) is 0.453. The van der Waals surface area contributed by atoms with Gasteiger partial charge in [0.2, 0.25) is 0 Å². The molecule has 0 saturated carbocycles. The van der Waals surface area contributed by atoms with E-state index in [1.54, 1.807) is 19.1 Å². The molecule has 0 aliphatic heterocycles. The summed E-state index contributed by atoms with van der Waals surface area (Å²) >= 11 is 0. The number of hydrogen-bond acceptors (Lipinski definition) is 2. The van der Waals surface area contributed by atoms with Gasteiger partial charge in [-0.2, -0.15) is 0 Å². The van der Waals surface area contributed by atoms with E-state index in [9.17, 15) is 8.78 Å². The summed E-state index contributed by atoms with van der Waals surface area (Å²) < 4.78 is 26.0. The van der Waals surface area contributed by atoms with E-state index in [0.29, 0.717) is 5.57 Å². The van der Waals surface area contributed by atoms with Crippen LogP contribution in [0.1, 0.15) is 34.6 Å². The Labute approximate surface area is 132 Å². The second-order valence-electron chi connectivity index (χ2n) is 4.32. The van der Waals surface area contributed by atoms with Crippen LogP contribution in [-0.2, 0) is 0 Å². The summed E-state index contributed by atoms with van der Waals surface area (Å²) in [5, 5.41) is 17.2. The first-order valence-corrected chi connectivity index (χ1v) is 7.04. The Bertz CT molecular complexity index is 474. The maximum atomic E-state index is 13.0. The molecule has 0 aromatic rings. The van der Waals surface area contributed by atoms with E-state index in [1.807, 2.05) is 20.8 Å². The van der Waals surface area contributed by atoms with Crippen LogP contribution in [0, 0.1) is 0 Å². The van der Waals surface area contributed by atoms with E-state index in [0.717, 1.165) is 36.7 Å². The largest absolute Gasteiger partial charge is 0.516 e. The highest BCUT2D eigenvalue weighted by atomic mass is 19.3. The SMILES string of the molecule is CC.CC(/C=C\C(\C=C/C=C/O)=C\C(C)(F)F)=C(C)/C=C/O. The monoisotopic (exact) mass is 312 g/mol. The fourth-order valence-electron chi connectivity index (χ4n) is 1.26. The van der Waals surface area contributed by atoms with Gasteiger partial charge in [-0.3, -0.25) is 0 Å². The number of halogens is 2. The molecule has 2 nitrogen and oxygen atoms in total. The van der Waals surface area contributed by atoms with Gasteiger partial charge in [-0.1, -0.05) is 38.2 Å². The van der Waals surface area contributed by atoms with Crippen LogP contribution in [0.2, 0.25) is 0 Å². The molecular formula is C18H26F2O2. The van der Waals surface area contributed by atoms with Crippen molar-refractivity contribution >= 4 is 0 Å². The molecule has 0 saturated heterocycles. The van der Waals surface area contributed by atoms with Gasteiger partial charge < -0.3 is 10.2 Å². The third-order valence-electron chi connectivity index (χ3n) is 2.38. The fraction of sp³-hybridized carbons (Fsp3) is 0.333. The van der Waals surface area contributed by atoms with Gasteiger partial charge in [0.05, 0.1) is 12.5 Å². The van der Waals surface area contributed by atoms with Crippen LogP contribution >= 0.6 is 0 Å². The fourth-order valence-corrected chi connectivity index (χ4v) is 1.26. The lowest BCUT2D eigenvalue weighted by Gasteiger charge is -2.05. The molecule has 0 spiro atoms. The van der Waals surface area contributed by atoms with E-state index < -0.39 is 5.92 Å². The smallest absolute Gasteiger partial charge is 0.264 e. The van der Waals surface area contributed by atoms with E-state index in [1.165, 1.54) is 24.3 Å². The summed E-state index contributed by atoms with van der Waals surface area (Å²) in [6.07, 6.45) is 11.6. The summed E-state index contributed by atoms with van der Waals surface area (Å²) in [5.74, 6) is -2.93. The highest BCUT2D eigenvalue weighted by molar-refractivity contribution is 5.39. The van der Waals surface area contributed by atoms with Crippen LogP contribution in [0.5, 0.6) is 0 Å². The minimum atomic E-state index is -2.93. The minimum absolute atomic E-state index is 0.315. The number of allylic oxidation sites excluding steroid dienone is 10. The van der Waals surface area contributed by atoms with Crippen LogP contribution in [0.25, 0.3) is 0 Å². The van der Waals surface area contributed by atoms with Gasteiger partial charge in [-0.15, -0.1) is 0 Å². The molecule has 0 heterocycles. The van der Waals surface area contributed by atoms with Crippen LogP contribution in [-0.4, -0.2) is 16.1 Å². The summed E-state index contributed by atoms with van der Waals surface area (Å²) in [4.78, 5) is 0. The molecule has 0 rings (SSSR count). The summed E-state index contributed by atoms with van der Waals surface area (Å²) in [7, 11) is 0. The van der Waals surface area contributed by atoms with Crippen molar-refractivity contribution < 1.29 is 19.0 Å². The zero-order valence-electron chi connectivity index (χ0n) is 13.8. The van der Waals surface area contributed by atoms with Crippen LogP contribution in [0.3, 0.4) is 0 Å². The number of hydrogen-bond donors (Lipinski definition) is 2. The van der Waals surface area contributed by atoms with E-state index in [-0.39, 0.29) is 0 Å². The molecule has 2 N–H and O–H groups in total. The van der Waals surface area contributed by atoms with Crippen molar-refractivity contribution in [2.24, 2.45) is 0 Å². The molecule has 0 aromatic heterocycles. The molecule has 22 heavy (non-hydrogen) atoms. The first-order valence-electron chi connectivity index (χ1n) is 7.04. The van der Waals surface area contributed by atoms with Crippen molar-refractivity contribution in [1.29, 1.82) is 0 Å². The molecular weight excluding hydrogens is 286 g/mol. The molecule has 0 fully saturated rings. The van der Waals surface area contributed by atoms with Crippen molar-refractivity contribution in [3.05, 3.63) is 71.8 Å². The topological polar surface area (TPSA) is 40.5 Å². The Morgan fingerprint density at radius 1 is 0.818 bits per heavy atom. The second-order valence-corrected chi connectivity index (χ2v) is 4.32. The van der Waals surface area contributed by atoms with Crippen LogP contribution in [0.4, 0.5) is 8.78 Å². The van der Waals surface area contributed by atoms with Gasteiger partial charge in [0.1, 0.15) is 0 Å². The van der Waals surface area contributed by atoms with Gasteiger partial charge in [0.15, 0.2) is 0 Å². The van der Waals surface area contributed by atoms with Crippen molar-refractivity contribution in [3.63, 3.8) is 0 Å². The lowest BCUT2D eigenvalue weighted by atomic mass is 10.1. The van der Waals surface area contributed by atoms with Gasteiger partial charge in [0.25, 0.3) is 5.92 Å². The van der Waals surface area contributed by atoms with Crippen molar-refractivity contribution in [2.75, 3.05) is 0 Å². The van der Waals surface area contributed by atoms with Crippen molar-refractivity contribution in [2.45, 2.75) is 40.5 Å². The molecule has 0 unspecified atom stereocenters. The lowest BCUT2D eigenvalue weighted by molar-refractivity contribution is 0.0770. The second kappa shape index (κ2) is 12.6. The van der Waals surface area contributed by atoms with Gasteiger partial charge in [-0.05, 0) is 48.8 Å². The number of alkyl halides is 2.